The number of carbonyl (C=O) groups is 1. The third-order valence-corrected chi connectivity index (χ3v) is 3.50. The van der Waals surface area contributed by atoms with Crippen LogP contribution in [0.5, 0.6) is 5.75 Å². The second-order valence-electron chi connectivity index (χ2n) is 4.68. The van der Waals surface area contributed by atoms with E-state index < -0.39 is 29.3 Å². The van der Waals surface area contributed by atoms with Gasteiger partial charge in [-0.25, -0.2) is 0 Å². The van der Waals surface area contributed by atoms with Crippen molar-refractivity contribution >= 4 is 23.2 Å². The van der Waals surface area contributed by atoms with Crippen molar-refractivity contribution in [3.63, 3.8) is 0 Å². The summed E-state index contributed by atoms with van der Waals surface area (Å²) in [6, 6.07) is 6.58. The Balaban J connectivity index is 2.14. The number of hydrogen-bond donors (Lipinski definition) is 1. The van der Waals surface area contributed by atoms with Crippen LogP contribution >= 0.6 is 11.6 Å². The standard InChI is InChI=1S/C14H13ClF3N3O2/c1-8-12(15)13(14(16,17)18)20-21(8)7-11(22)19-9-4-3-5-10(6-9)23-2/h3-6H,7H2,1-2H3,(H,19,22). The first kappa shape index (κ1) is 17.1. The normalized spacial score (nSPS) is 11.4. The molecule has 0 aliphatic heterocycles. The highest BCUT2D eigenvalue weighted by molar-refractivity contribution is 6.32. The van der Waals surface area contributed by atoms with Gasteiger partial charge in [-0.1, -0.05) is 17.7 Å². The van der Waals surface area contributed by atoms with Gasteiger partial charge >= 0.3 is 6.18 Å². The highest BCUT2D eigenvalue weighted by Crippen LogP contribution is 2.35. The number of methoxy groups -OCH3 is 1. The summed E-state index contributed by atoms with van der Waals surface area (Å²) in [6.45, 7) is 0.974. The Hall–Kier alpha value is -2.22. The van der Waals surface area contributed by atoms with Crippen LogP contribution in [0.4, 0.5) is 18.9 Å². The summed E-state index contributed by atoms with van der Waals surface area (Å²) in [5.41, 5.74) is -0.674. The fraction of sp³-hybridized carbons (Fsp3) is 0.286. The number of carbonyl (C=O) groups excluding carboxylic acids is 1. The molecule has 0 saturated heterocycles. The number of halogens is 4. The molecule has 124 valence electrons. The molecule has 0 unspecified atom stereocenters. The lowest BCUT2D eigenvalue weighted by Crippen LogP contribution is -2.20. The van der Waals surface area contributed by atoms with E-state index in [1.807, 2.05) is 0 Å². The van der Waals surface area contributed by atoms with Gasteiger partial charge < -0.3 is 10.1 Å². The Bertz CT molecular complexity index is 729. The zero-order valence-corrected chi connectivity index (χ0v) is 13.0. The number of alkyl halides is 3. The van der Waals surface area contributed by atoms with Crippen LogP contribution in [0.1, 0.15) is 11.4 Å². The van der Waals surface area contributed by atoms with Gasteiger partial charge in [0.15, 0.2) is 5.69 Å². The first-order valence-electron chi connectivity index (χ1n) is 6.46. The van der Waals surface area contributed by atoms with Crippen LogP contribution < -0.4 is 10.1 Å². The van der Waals surface area contributed by atoms with Crippen LogP contribution in [0.2, 0.25) is 5.02 Å². The van der Waals surface area contributed by atoms with Crippen molar-refractivity contribution in [2.24, 2.45) is 0 Å². The highest BCUT2D eigenvalue weighted by Gasteiger charge is 2.38. The second-order valence-corrected chi connectivity index (χ2v) is 5.06. The number of benzene rings is 1. The lowest BCUT2D eigenvalue weighted by atomic mass is 10.3. The SMILES string of the molecule is COc1cccc(NC(=O)Cn2nc(C(F)(F)F)c(Cl)c2C)c1. The molecule has 2 rings (SSSR count). The van der Waals surface area contributed by atoms with E-state index in [0.717, 1.165) is 4.68 Å². The zero-order chi connectivity index (χ0) is 17.2. The molecule has 1 aromatic carbocycles. The second kappa shape index (κ2) is 6.49. The van der Waals surface area contributed by atoms with Gasteiger partial charge in [0.1, 0.15) is 12.3 Å². The maximum absolute atomic E-state index is 12.7. The van der Waals surface area contributed by atoms with E-state index in [0.29, 0.717) is 11.4 Å². The average molecular weight is 348 g/mol. The molecular weight excluding hydrogens is 335 g/mol. The molecule has 0 atom stereocenters. The smallest absolute Gasteiger partial charge is 0.436 e. The molecule has 0 saturated carbocycles. The molecule has 1 heterocycles. The van der Waals surface area contributed by atoms with Crippen LogP contribution in [0.15, 0.2) is 24.3 Å². The van der Waals surface area contributed by atoms with Crippen molar-refractivity contribution in [1.82, 2.24) is 9.78 Å². The first-order valence-corrected chi connectivity index (χ1v) is 6.84. The van der Waals surface area contributed by atoms with E-state index in [2.05, 4.69) is 10.4 Å². The summed E-state index contributed by atoms with van der Waals surface area (Å²) < 4.78 is 44.1. The van der Waals surface area contributed by atoms with Crippen LogP contribution in [-0.2, 0) is 17.5 Å². The van der Waals surface area contributed by atoms with Crippen LogP contribution in [0, 0.1) is 6.92 Å². The quantitative estimate of drug-likeness (QED) is 0.920. The van der Waals surface area contributed by atoms with Gasteiger partial charge in [-0.3, -0.25) is 9.48 Å². The lowest BCUT2D eigenvalue weighted by molar-refractivity contribution is -0.141. The van der Waals surface area contributed by atoms with Gasteiger partial charge in [0.2, 0.25) is 5.91 Å². The monoisotopic (exact) mass is 347 g/mol. The number of nitrogens with one attached hydrogen (secondary N) is 1. The van der Waals surface area contributed by atoms with E-state index >= 15 is 0 Å². The van der Waals surface area contributed by atoms with Crippen molar-refractivity contribution in [2.45, 2.75) is 19.6 Å². The molecule has 0 fully saturated rings. The zero-order valence-electron chi connectivity index (χ0n) is 12.2. The van der Waals surface area contributed by atoms with Gasteiger partial charge in [0.05, 0.1) is 17.8 Å². The summed E-state index contributed by atoms with van der Waals surface area (Å²) in [5.74, 6) is 0.00900. The van der Waals surface area contributed by atoms with Gasteiger partial charge in [-0.05, 0) is 19.1 Å². The van der Waals surface area contributed by atoms with E-state index in [4.69, 9.17) is 16.3 Å². The molecule has 9 heteroatoms. The summed E-state index contributed by atoms with van der Waals surface area (Å²) in [6.07, 6.45) is -4.67. The number of ether oxygens (including phenoxy) is 1. The number of hydrogen-bond acceptors (Lipinski definition) is 3. The van der Waals surface area contributed by atoms with Gasteiger partial charge in [-0.15, -0.1) is 0 Å². The maximum atomic E-state index is 12.7. The minimum absolute atomic E-state index is 0.0692. The molecule has 0 radical (unpaired) electrons. The Labute approximate surface area is 135 Å². The molecule has 0 aliphatic carbocycles. The van der Waals surface area contributed by atoms with E-state index in [1.54, 1.807) is 24.3 Å². The number of amides is 1. The molecule has 1 aromatic heterocycles. The van der Waals surface area contributed by atoms with E-state index in [-0.39, 0.29) is 5.69 Å². The molecule has 1 amide bonds. The molecule has 5 nitrogen and oxygen atoms in total. The summed E-state index contributed by atoms with van der Waals surface area (Å²) in [7, 11) is 1.48. The maximum Gasteiger partial charge on any atom is 0.436 e. The fourth-order valence-corrected chi connectivity index (χ4v) is 2.14. The Morgan fingerprint density at radius 3 is 2.70 bits per heavy atom. The third kappa shape index (κ3) is 3.95. The molecule has 2 aromatic rings. The molecule has 23 heavy (non-hydrogen) atoms. The van der Waals surface area contributed by atoms with Gasteiger partial charge in [0.25, 0.3) is 0 Å². The van der Waals surface area contributed by atoms with Crippen LogP contribution in [0.25, 0.3) is 0 Å². The highest BCUT2D eigenvalue weighted by atomic mass is 35.5. The minimum Gasteiger partial charge on any atom is -0.497 e. The molecule has 1 N–H and O–H groups in total. The summed E-state index contributed by atoms with van der Waals surface area (Å²) in [4.78, 5) is 12.0. The van der Waals surface area contributed by atoms with Crippen molar-refractivity contribution in [3.05, 3.63) is 40.7 Å². The summed E-state index contributed by atoms with van der Waals surface area (Å²) in [5, 5.41) is 5.42. The van der Waals surface area contributed by atoms with Gasteiger partial charge in [-0.2, -0.15) is 18.3 Å². The summed E-state index contributed by atoms with van der Waals surface area (Å²) >= 11 is 5.63. The van der Waals surface area contributed by atoms with E-state index in [9.17, 15) is 18.0 Å². The Kier molecular flexibility index (Phi) is 4.84. The molecule has 0 bridgehead atoms. The predicted molar refractivity (Wildman–Crippen MR) is 78.6 cm³/mol. The fourth-order valence-electron chi connectivity index (χ4n) is 1.90. The minimum atomic E-state index is -4.67. The number of aromatic nitrogens is 2. The Morgan fingerprint density at radius 2 is 2.13 bits per heavy atom. The number of nitrogens with zero attached hydrogens (tertiary/aromatic N) is 2. The molecule has 0 aliphatic rings. The third-order valence-electron chi connectivity index (χ3n) is 3.05. The Morgan fingerprint density at radius 1 is 1.43 bits per heavy atom. The number of anilines is 1. The molecular formula is C14H13ClF3N3O2. The topological polar surface area (TPSA) is 56.1 Å². The first-order chi connectivity index (χ1) is 10.7. The largest absolute Gasteiger partial charge is 0.497 e. The van der Waals surface area contributed by atoms with E-state index in [1.165, 1.54) is 14.0 Å². The van der Waals surface area contributed by atoms with Crippen molar-refractivity contribution in [3.8, 4) is 5.75 Å². The molecule has 0 spiro atoms. The van der Waals surface area contributed by atoms with Crippen molar-refractivity contribution in [2.75, 3.05) is 12.4 Å². The predicted octanol–water partition coefficient (Wildman–Crippen LogP) is 3.51. The number of rotatable bonds is 4. The van der Waals surface area contributed by atoms with Crippen molar-refractivity contribution in [1.29, 1.82) is 0 Å². The van der Waals surface area contributed by atoms with Crippen molar-refractivity contribution < 1.29 is 22.7 Å². The lowest BCUT2D eigenvalue weighted by Gasteiger charge is -2.08. The van der Waals surface area contributed by atoms with Crippen LogP contribution in [-0.4, -0.2) is 22.8 Å². The van der Waals surface area contributed by atoms with Crippen LogP contribution in [0.3, 0.4) is 0 Å². The average Bonchev–Trinajstić information content (AvgIpc) is 2.75. The van der Waals surface area contributed by atoms with Gasteiger partial charge in [0, 0.05) is 11.8 Å².